The van der Waals surface area contributed by atoms with Crippen molar-refractivity contribution < 1.29 is 19.1 Å². The summed E-state index contributed by atoms with van der Waals surface area (Å²) in [6.07, 6.45) is 6.43. The molecule has 0 spiro atoms. The molecule has 0 aromatic carbocycles. The van der Waals surface area contributed by atoms with E-state index in [1.165, 1.54) is 5.56 Å². The highest BCUT2D eigenvalue weighted by Gasteiger charge is 2.42. The number of hydrogen-bond donors (Lipinski definition) is 1. The van der Waals surface area contributed by atoms with E-state index in [2.05, 4.69) is 4.90 Å². The van der Waals surface area contributed by atoms with E-state index in [-0.39, 0.29) is 18.4 Å². The third kappa shape index (κ3) is 3.36. The fourth-order valence-electron chi connectivity index (χ4n) is 4.10. The second kappa shape index (κ2) is 6.50. The Balaban J connectivity index is 1.34. The van der Waals surface area contributed by atoms with Crippen molar-refractivity contribution in [2.24, 2.45) is 5.92 Å². The van der Waals surface area contributed by atoms with Crippen LogP contribution in [0.4, 0.5) is 0 Å². The van der Waals surface area contributed by atoms with Crippen LogP contribution in [0.15, 0.2) is 23.0 Å². The summed E-state index contributed by atoms with van der Waals surface area (Å²) in [5.74, 6) is 0.426. The first-order valence-electron chi connectivity index (χ1n) is 8.96. The van der Waals surface area contributed by atoms with Crippen LogP contribution in [-0.4, -0.2) is 65.3 Å². The molecule has 2 atom stereocenters. The van der Waals surface area contributed by atoms with E-state index in [1.807, 2.05) is 11.0 Å². The topological polar surface area (TPSA) is 66.2 Å². The lowest BCUT2D eigenvalue weighted by molar-refractivity contribution is -0.140. The maximum atomic E-state index is 12.5. The van der Waals surface area contributed by atoms with Crippen molar-refractivity contribution in [2.45, 2.75) is 43.9 Å². The minimum atomic E-state index is -0.740. The number of amides is 1. The van der Waals surface area contributed by atoms with Crippen molar-refractivity contribution in [1.29, 1.82) is 0 Å². The number of ether oxygens (including phenoxy) is 1. The minimum Gasteiger partial charge on any atom is -0.472 e. The van der Waals surface area contributed by atoms with Crippen LogP contribution in [0.2, 0.25) is 0 Å². The van der Waals surface area contributed by atoms with Gasteiger partial charge in [-0.3, -0.25) is 9.69 Å². The van der Waals surface area contributed by atoms with Crippen molar-refractivity contribution in [3.05, 3.63) is 24.2 Å². The molecular weight excluding hydrogens is 308 g/mol. The molecule has 1 saturated carbocycles. The van der Waals surface area contributed by atoms with Gasteiger partial charge < -0.3 is 19.2 Å². The van der Waals surface area contributed by atoms with Crippen LogP contribution < -0.4 is 0 Å². The maximum Gasteiger partial charge on any atom is 0.225 e. The first-order valence-corrected chi connectivity index (χ1v) is 8.96. The first-order chi connectivity index (χ1) is 11.6. The molecule has 3 heterocycles. The molecule has 3 aliphatic rings. The summed E-state index contributed by atoms with van der Waals surface area (Å²) in [6, 6.07) is 1.99. The highest BCUT2D eigenvalue weighted by molar-refractivity contribution is 5.77. The zero-order valence-electron chi connectivity index (χ0n) is 14.0. The minimum absolute atomic E-state index is 0.0789. The Labute approximate surface area is 142 Å². The van der Waals surface area contributed by atoms with Gasteiger partial charge in [0.15, 0.2) is 0 Å². The van der Waals surface area contributed by atoms with E-state index in [0.717, 1.165) is 45.4 Å². The fourth-order valence-corrected chi connectivity index (χ4v) is 4.10. The van der Waals surface area contributed by atoms with Crippen LogP contribution in [-0.2, 0) is 16.1 Å². The van der Waals surface area contributed by atoms with Gasteiger partial charge in [0.25, 0.3) is 0 Å². The summed E-state index contributed by atoms with van der Waals surface area (Å²) in [6.45, 7) is 4.80. The van der Waals surface area contributed by atoms with E-state index in [0.29, 0.717) is 19.1 Å². The van der Waals surface area contributed by atoms with E-state index < -0.39 is 5.60 Å². The number of furan rings is 1. The van der Waals surface area contributed by atoms with Crippen molar-refractivity contribution in [3.8, 4) is 0 Å². The third-order valence-corrected chi connectivity index (χ3v) is 5.72. The van der Waals surface area contributed by atoms with Crippen LogP contribution in [0.3, 0.4) is 0 Å². The Hall–Kier alpha value is -1.37. The number of likely N-dealkylation sites (tertiary alicyclic amines) is 1. The van der Waals surface area contributed by atoms with Gasteiger partial charge >= 0.3 is 0 Å². The van der Waals surface area contributed by atoms with Gasteiger partial charge in [-0.25, -0.2) is 0 Å². The molecule has 2 aliphatic heterocycles. The van der Waals surface area contributed by atoms with Crippen LogP contribution in [0, 0.1) is 5.92 Å². The summed E-state index contributed by atoms with van der Waals surface area (Å²) < 4.78 is 11.2. The number of aliphatic hydroxyl groups is 1. The first kappa shape index (κ1) is 16.1. The van der Waals surface area contributed by atoms with Gasteiger partial charge in [0, 0.05) is 44.2 Å². The van der Waals surface area contributed by atoms with Crippen molar-refractivity contribution in [3.63, 3.8) is 0 Å². The molecule has 2 saturated heterocycles. The normalized spacial score (nSPS) is 29.8. The number of carbonyl (C=O) groups is 1. The van der Waals surface area contributed by atoms with E-state index in [9.17, 15) is 9.90 Å². The molecule has 0 radical (unpaired) electrons. The van der Waals surface area contributed by atoms with Crippen LogP contribution in [0.5, 0.6) is 0 Å². The average molecular weight is 334 g/mol. The second-order valence-electron chi connectivity index (χ2n) is 7.59. The summed E-state index contributed by atoms with van der Waals surface area (Å²) >= 11 is 0. The number of rotatable bonds is 4. The lowest BCUT2D eigenvalue weighted by Crippen LogP contribution is -2.43. The Kier molecular flexibility index (Phi) is 4.37. The van der Waals surface area contributed by atoms with Gasteiger partial charge in [-0.05, 0) is 25.3 Å². The van der Waals surface area contributed by atoms with Gasteiger partial charge in [0.2, 0.25) is 5.91 Å². The molecule has 6 nitrogen and oxygen atoms in total. The molecule has 6 heteroatoms. The SMILES string of the molecule is O=C(CC1(O)CCC1)N1C[C@@H]2CN(Cc3ccoc3)CCO[C@@H]2C1. The Bertz CT molecular complexity index is 570. The standard InChI is InChI=1S/C18H26N2O4/c21-17(8-18(22)3-1-4-18)20-11-15-10-19(5-7-24-16(15)12-20)9-14-2-6-23-13-14/h2,6,13,15-16,22H,1,3-5,7-12H2/t15-,16+/m0/s1. The quantitative estimate of drug-likeness (QED) is 0.897. The lowest BCUT2D eigenvalue weighted by Gasteiger charge is -2.37. The highest BCUT2D eigenvalue weighted by Crippen LogP contribution is 2.36. The Morgan fingerprint density at radius 3 is 2.92 bits per heavy atom. The molecule has 3 fully saturated rings. The second-order valence-corrected chi connectivity index (χ2v) is 7.59. The van der Waals surface area contributed by atoms with Crippen LogP contribution in [0.25, 0.3) is 0 Å². The largest absolute Gasteiger partial charge is 0.472 e. The highest BCUT2D eigenvalue weighted by atomic mass is 16.5. The number of nitrogens with zero attached hydrogens (tertiary/aromatic N) is 2. The van der Waals surface area contributed by atoms with Gasteiger partial charge in [-0.2, -0.15) is 0 Å². The summed E-state index contributed by atoms with van der Waals surface area (Å²) in [7, 11) is 0. The molecule has 1 aliphatic carbocycles. The fraction of sp³-hybridized carbons (Fsp3) is 0.722. The summed E-state index contributed by atoms with van der Waals surface area (Å²) in [4.78, 5) is 16.8. The molecule has 0 bridgehead atoms. The number of fused-ring (bicyclic) bond motifs is 1. The smallest absolute Gasteiger partial charge is 0.225 e. The third-order valence-electron chi connectivity index (χ3n) is 5.72. The van der Waals surface area contributed by atoms with Crippen LogP contribution in [0.1, 0.15) is 31.2 Å². The monoisotopic (exact) mass is 334 g/mol. The molecule has 0 unspecified atom stereocenters. The average Bonchev–Trinajstić information content (AvgIpc) is 3.12. The van der Waals surface area contributed by atoms with Crippen molar-refractivity contribution in [1.82, 2.24) is 9.80 Å². The molecule has 132 valence electrons. The van der Waals surface area contributed by atoms with Gasteiger partial charge in [0.05, 0.1) is 37.3 Å². The van der Waals surface area contributed by atoms with Gasteiger partial charge in [0.1, 0.15) is 0 Å². The number of carbonyl (C=O) groups excluding carboxylic acids is 1. The van der Waals surface area contributed by atoms with Gasteiger partial charge in [-0.15, -0.1) is 0 Å². The predicted octanol–water partition coefficient (Wildman–Crippen LogP) is 1.24. The van der Waals surface area contributed by atoms with Crippen LogP contribution >= 0.6 is 0 Å². The van der Waals surface area contributed by atoms with E-state index in [1.54, 1.807) is 12.5 Å². The number of hydrogen-bond acceptors (Lipinski definition) is 5. The molecule has 24 heavy (non-hydrogen) atoms. The lowest BCUT2D eigenvalue weighted by atomic mass is 9.77. The Morgan fingerprint density at radius 1 is 1.33 bits per heavy atom. The molecule has 1 aromatic heterocycles. The zero-order chi connectivity index (χ0) is 16.6. The molecule has 1 amide bonds. The molecule has 1 aromatic rings. The summed E-state index contributed by atoms with van der Waals surface area (Å²) in [5.41, 5.74) is 0.433. The Morgan fingerprint density at radius 2 is 2.21 bits per heavy atom. The molecule has 1 N–H and O–H groups in total. The molecular formula is C18H26N2O4. The predicted molar refractivity (Wildman–Crippen MR) is 87.2 cm³/mol. The van der Waals surface area contributed by atoms with Crippen molar-refractivity contribution in [2.75, 3.05) is 32.8 Å². The zero-order valence-corrected chi connectivity index (χ0v) is 14.0. The van der Waals surface area contributed by atoms with Crippen molar-refractivity contribution >= 4 is 5.91 Å². The van der Waals surface area contributed by atoms with E-state index >= 15 is 0 Å². The summed E-state index contributed by atoms with van der Waals surface area (Å²) in [5, 5.41) is 10.2. The maximum absolute atomic E-state index is 12.5. The van der Waals surface area contributed by atoms with E-state index in [4.69, 9.17) is 9.15 Å². The molecule has 4 rings (SSSR count). The van der Waals surface area contributed by atoms with Gasteiger partial charge in [-0.1, -0.05) is 0 Å².